The third-order valence-electron chi connectivity index (χ3n) is 4.25. The summed E-state index contributed by atoms with van der Waals surface area (Å²) < 4.78 is 5.18. The number of nitrogens with one attached hydrogen (secondary N) is 1. The molecule has 18 heavy (non-hydrogen) atoms. The molecule has 0 bridgehead atoms. The highest BCUT2D eigenvalue weighted by molar-refractivity contribution is 6.07. The first kappa shape index (κ1) is 13.1. The van der Waals surface area contributed by atoms with Crippen molar-refractivity contribution < 1.29 is 14.7 Å². The highest BCUT2D eigenvalue weighted by Gasteiger charge is 2.46. The largest absolute Gasteiger partial charge is 0.409 e. The van der Waals surface area contributed by atoms with Gasteiger partial charge >= 0.3 is 0 Å². The number of methoxy groups -OCH3 is 1. The second-order valence-electron chi connectivity index (χ2n) is 5.27. The van der Waals surface area contributed by atoms with Gasteiger partial charge in [-0.3, -0.25) is 4.79 Å². The van der Waals surface area contributed by atoms with Gasteiger partial charge in [0.1, 0.15) is 5.41 Å². The molecule has 0 spiro atoms. The van der Waals surface area contributed by atoms with E-state index in [2.05, 4.69) is 10.5 Å². The molecule has 2 aliphatic rings. The van der Waals surface area contributed by atoms with Crippen molar-refractivity contribution in [2.75, 3.05) is 7.11 Å². The predicted octanol–water partition coefficient (Wildman–Crippen LogP) is 0.587. The van der Waals surface area contributed by atoms with Crippen LogP contribution in [0.25, 0.3) is 0 Å². The van der Waals surface area contributed by atoms with Gasteiger partial charge in [-0.25, -0.2) is 0 Å². The number of nitrogens with zero attached hydrogens (tertiary/aromatic N) is 1. The minimum Gasteiger partial charge on any atom is -0.409 e. The maximum Gasteiger partial charge on any atom is 0.234 e. The standard InChI is InChI=1S/C12H21N3O3/c1-18-9-6-8(7-9)14-11(16)12(10(13)15-17)4-2-3-5-12/h8-9,17H,2-7H2,1H3,(H2,13,15)(H,14,16). The number of nitrogens with two attached hydrogens (primary N) is 1. The van der Waals surface area contributed by atoms with E-state index in [4.69, 9.17) is 15.7 Å². The molecule has 0 heterocycles. The molecule has 0 aromatic rings. The number of carbonyl (C=O) groups is 1. The minimum atomic E-state index is -0.799. The smallest absolute Gasteiger partial charge is 0.234 e. The summed E-state index contributed by atoms with van der Waals surface area (Å²) in [6.45, 7) is 0. The Morgan fingerprint density at radius 3 is 2.56 bits per heavy atom. The average molecular weight is 255 g/mol. The van der Waals surface area contributed by atoms with Gasteiger partial charge in [0, 0.05) is 13.2 Å². The Balaban J connectivity index is 1.97. The molecule has 2 aliphatic carbocycles. The van der Waals surface area contributed by atoms with Crippen LogP contribution in [-0.2, 0) is 9.53 Å². The van der Waals surface area contributed by atoms with E-state index in [1.807, 2.05) is 0 Å². The van der Waals surface area contributed by atoms with Gasteiger partial charge in [0.05, 0.1) is 6.10 Å². The maximum atomic E-state index is 12.3. The molecule has 6 nitrogen and oxygen atoms in total. The zero-order chi connectivity index (χ0) is 13.2. The predicted molar refractivity (Wildman–Crippen MR) is 66.3 cm³/mol. The summed E-state index contributed by atoms with van der Waals surface area (Å²) in [5, 5.41) is 14.9. The van der Waals surface area contributed by atoms with Gasteiger partial charge in [-0.2, -0.15) is 0 Å². The van der Waals surface area contributed by atoms with Gasteiger partial charge in [0.25, 0.3) is 0 Å². The molecule has 0 radical (unpaired) electrons. The molecular weight excluding hydrogens is 234 g/mol. The minimum absolute atomic E-state index is 0.0418. The summed E-state index contributed by atoms with van der Waals surface area (Å²) in [5.74, 6) is -0.0602. The van der Waals surface area contributed by atoms with Crippen LogP contribution >= 0.6 is 0 Å². The fourth-order valence-electron chi connectivity index (χ4n) is 2.87. The van der Waals surface area contributed by atoms with Crippen LogP contribution in [0.15, 0.2) is 5.16 Å². The van der Waals surface area contributed by atoms with Gasteiger partial charge in [0.2, 0.25) is 5.91 Å². The van der Waals surface area contributed by atoms with Crippen LogP contribution in [0.2, 0.25) is 0 Å². The van der Waals surface area contributed by atoms with Crippen molar-refractivity contribution in [3.05, 3.63) is 0 Å². The van der Waals surface area contributed by atoms with Crippen molar-refractivity contribution in [3.63, 3.8) is 0 Å². The van der Waals surface area contributed by atoms with Gasteiger partial charge in [-0.05, 0) is 25.7 Å². The maximum absolute atomic E-state index is 12.3. The van der Waals surface area contributed by atoms with E-state index in [1.165, 1.54) is 0 Å². The second-order valence-corrected chi connectivity index (χ2v) is 5.27. The highest BCUT2D eigenvalue weighted by Crippen LogP contribution is 2.39. The fourth-order valence-corrected chi connectivity index (χ4v) is 2.87. The quantitative estimate of drug-likeness (QED) is 0.296. The van der Waals surface area contributed by atoms with E-state index in [0.717, 1.165) is 25.7 Å². The Morgan fingerprint density at radius 2 is 2.06 bits per heavy atom. The molecule has 0 saturated heterocycles. The lowest BCUT2D eigenvalue weighted by Crippen LogP contribution is -2.55. The molecule has 0 aromatic carbocycles. The van der Waals surface area contributed by atoms with Crippen LogP contribution in [0.1, 0.15) is 38.5 Å². The molecule has 2 fully saturated rings. The highest BCUT2D eigenvalue weighted by atomic mass is 16.5. The van der Waals surface area contributed by atoms with Crippen molar-refractivity contribution in [1.82, 2.24) is 5.32 Å². The Morgan fingerprint density at radius 1 is 1.44 bits per heavy atom. The summed E-state index contributed by atoms with van der Waals surface area (Å²) in [6.07, 6.45) is 5.13. The molecule has 1 amide bonds. The number of hydrogen-bond acceptors (Lipinski definition) is 4. The van der Waals surface area contributed by atoms with Gasteiger partial charge in [-0.1, -0.05) is 18.0 Å². The lowest BCUT2D eigenvalue weighted by atomic mass is 9.81. The molecule has 102 valence electrons. The first-order chi connectivity index (χ1) is 8.62. The number of amidine groups is 1. The van der Waals surface area contributed by atoms with Gasteiger partial charge in [-0.15, -0.1) is 0 Å². The Bertz CT molecular complexity index is 344. The van der Waals surface area contributed by atoms with Gasteiger partial charge < -0.3 is 21.0 Å². The number of ether oxygens (including phenoxy) is 1. The number of carbonyl (C=O) groups excluding carboxylic acids is 1. The second kappa shape index (κ2) is 5.14. The summed E-state index contributed by atoms with van der Waals surface area (Å²) in [4.78, 5) is 12.3. The van der Waals surface area contributed by atoms with Crippen molar-refractivity contribution >= 4 is 11.7 Å². The first-order valence-electron chi connectivity index (χ1n) is 6.44. The Kier molecular flexibility index (Phi) is 3.75. The molecule has 0 atom stereocenters. The molecule has 0 unspecified atom stereocenters. The topological polar surface area (TPSA) is 96.9 Å². The van der Waals surface area contributed by atoms with Gasteiger partial charge in [0.15, 0.2) is 5.84 Å². The number of hydrogen-bond donors (Lipinski definition) is 3. The lowest BCUT2D eigenvalue weighted by molar-refractivity contribution is -0.129. The Hall–Kier alpha value is -1.30. The summed E-state index contributed by atoms with van der Waals surface area (Å²) in [5.41, 5.74) is 4.92. The molecule has 4 N–H and O–H groups in total. The molecule has 2 rings (SSSR count). The zero-order valence-electron chi connectivity index (χ0n) is 10.7. The van der Waals surface area contributed by atoms with E-state index in [1.54, 1.807) is 7.11 Å². The van der Waals surface area contributed by atoms with Crippen LogP contribution in [-0.4, -0.2) is 36.2 Å². The van der Waals surface area contributed by atoms with Crippen LogP contribution in [0.3, 0.4) is 0 Å². The van der Waals surface area contributed by atoms with Crippen molar-refractivity contribution in [1.29, 1.82) is 0 Å². The molecule has 2 saturated carbocycles. The van der Waals surface area contributed by atoms with Crippen molar-refractivity contribution in [3.8, 4) is 0 Å². The summed E-state index contributed by atoms with van der Waals surface area (Å²) in [6, 6.07) is 0.159. The van der Waals surface area contributed by atoms with Crippen LogP contribution in [0.4, 0.5) is 0 Å². The van der Waals surface area contributed by atoms with Crippen molar-refractivity contribution in [2.45, 2.75) is 50.7 Å². The monoisotopic (exact) mass is 255 g/mol. The van der Waals surface area contributed by atoms with Crippen LogP contribution in [0, 0.1) is 5.41 Å². The summed E-state index contributed by atoms with van der Waals surface area (Å²) in [7, 11) is 1.68. The van der Waals surface area contributed by atoms with E-state index in [9.17, 15) is 4.79 Å². The normalized spacial score (nSPS) is 30.8. The van der Waals surface area contributed by atoms with E-state index in [-0.39, 0.29) is 23.9 Å². The third-order valence-corrected chi connectivity index (χ3v) is 4.25. The van der Waals surface area contributed by atoms with Crippen molar-refractivity contribution in [2.24, 2.45) is 16.3 Å². The number of amides is 1. The molecule has 6 heteroatoms. The summed E-state index contributed by atoms with van der Waals surface area (Å²) >= 11 is 0. The van der Waals surface area contributed by atoms with Crippen LogP contribution in [0.5, 0.6) is 0 Å². The number of oxime groups is 1. The lowest BCUT2D eigenvalue weighted by Gasteiger charge is -2.37. The SMILES string of the molecule is COC1CC(NC(=O)C2(C(N)=NO)CCCC2)C1. The third kappa shape index (κ3) is 2.16. The number of rotatable bonds is 4. The molecule has 0 aromatic heterocycles. The average Bonchev–Trinajstić information content (AvgIpc) is 2.82. The first-order valence-corrected chi connectivity index (χ1v) is 6.44. The molecule has 0 aliphatic heterocycles. The zero-order valence-corrected chi connectivity index (χ0v) is 10.7. The van der Waals surface area contributed by atoms with E-state index >= 15 is 0 Å². The fraction of sp³-hybridized carbons (Fsp3) is 0.833. The van der Waals surface area contributed by atoms with E-state index in [0.29, 0.717) is 12.8 Å². The Labute approximate surface area is 107 Å². The van der Waals surface area contributed by atoms with Crippen LogP contribution < -0.4 is 11.1 Å². The molecular formula is C12H21N3O3. The van der Waals surface area contributed by atoms with E-state index < -0.39 is 5.41 Å².